The van der Waals surface area contributed by atoms with Gasteiger partial charge >= 0.3 is 0 Å². The van der Waals surface area contributed by atoms with E-state index in [2.05, 4.69) is 27.7 Å². The van der Waals surface area contributed by atoms with Crippen LogP contribution in [-0.2, 0) is 11.3 Å². The molecule has 1 rings (SSSR count). The van der Waals surface area contributed by atoms with Crippen molar-refractivity contribution in [3.8, 4) is 0 Å². The molecule has 1 aromatic rings. The highest BCUT2D eigenvalue weighted by Crippen LogP contribution is 2.21. The van der Waals surface area contributed by atoms with E-state index < -0.39 is 0 Å². The number of nitrogen functional groups attached to an aromatic ring is 1. The number of unbranched alkanes of at least 4 members (excludes halogenated alkanes) is 1. The molecular weight excluding hydrogens is 260 g/mol. The second-order valence-corrected chi connectivity index (χ2v) is 6.01. The molecule has 1 aromatic carbocycles. The summed E-state index contributed by atoms with van der Waals surface area (Å²) in [5.74, 6) is 0.404. The van der Waals surface area contributed by atoms with Gasteiger partial charge in [-0.1, -0.05) is 44.9 Å². The minimum absolute atomic E-state index is 0.136. The van der Waals surface area contributed by atoms with Crippen LogP contribution in [0.2, 0.25) is 0 Å². The van der Waals surface area contributed by atoms with Crippen molar-refractivity contribution in [1.29, 1.82) is 0 Å². The summed E-state index contributed by atoms with van der Waals surface area (Å²) in [6.45, 7) is 9.02. The summed E-state index contributed by atoms with van der Waals surface area (Å²) >= 11 is 0. The molecule has 0 saturated heterocycles. The molecule has 3 nitrogen and oxygen atoms in total. The first-order valence-electron chi connectivity index (χ1n) is 8.15. The second-order valence-electron chi connectivity index (χ2n) is 6.01. The first kappa shape index (κ1) is 17.5. The molecule has 0 heterocycles. The average molecular weight is 290 g/mol. The van der Waals surface area contributed by atoms with Gasteiger partial charge in [0.15, 0.2) is 0 Å². The topological polar surface area (TPSA) is 46.3 Å². The molecule has 21 heavy (non-hydrogen) atoms. The molecule has 0 aliphatic rings. The number of rotatable bonds is 8. The highest BCUT2D eigenvalue weighted by Gasteiger charge is 2.24. The van der Waals surface area contributed by atoms with Crippen molar-refractivity contribution in [1.82, 2.24) is 4.90 Å². The third-order valence-electron chi connectivity index (χ3n) is 4.05. The molecule has 0 spiro atoms. The lowest BCUT2D eigenvalue weighted by Crippen LogP contribution is -2.40. The number of nitrogens with two attached hydrogens (primary N) is 1. The van der Waals surface area contributed by atoms with Gasteiger partial charge in [0.1, 0.15) is 0 Å². The maximum Gasteiger partial charge on any atom is 0.226 e. The first-order chi connectivity index (χ1) is 10.0. The minimum Gasteiger partial charge on any atom is -0.398 e. The van der Waals surface area contributed by atoms with Crippen molar-refractivity contribution in [3.63, 3.8) is 0 Å². The molecule has 0 saturated carbocycles. The summed E-state index contributed by atoms with van der Waals surface area (Å²) in [5.41, 5.74) is 7.81. The quantitative estimate of drug-likeness (QED) is 0.729. The SMILES string of the molecule is CCCCC(CC)C(=O)N(Cc1ccccc1N)C(C)C. The van der Waals surface area contributed by atoms with Gasteiger partial charge in [-0.05, 0) is 38.3 Å². The van der Waals surface area contributed by atoms with Gasteiger partial charge in [-0.2, -0.15) is 0 Å². The van der Waals surface area contributed by atoms with Crippen molar-refractivity contribution in [2.24, 2.45) is 5.92 Å². The zero-order chi connectivity index (χ0) is 15.8. The molecule has 3 heteroatoms. The molecule has 118 valence electrons. The predicted molar refractivity (Wildman–Crippen MR) is 89.8 cm³/mol. The Morgan fingerprint density at radius 1 is 1.24 bits per heavy atom. The summed E-state index contributed by atoms with van der Waals surface area (Å²) < 4.78 is 0. The van der Waals surface area contributed by atoms with Crippen LogP contribution >= 0.6 is 0 Å². The number of hydrogen-bond donors (Lipinski definition) is 1. The van der Waals surface area contributed by atoms with E-state index in [1.54, 1.807) is 0 Å². The first-order valence-corrected chi connectivity index (χ1v) is 8.15. The third-order valence-corrected chi connectivity index (χ3v) is 4.05. The van der Waals surface area contributed by atoms with Crippen LogP contribution in [0.3, 0.4) is 0 Å². The van der Waals surface area contributed by atoms with Crippen molar-refractivity contribution < 1.29 is 4.79 Å². The van der Waals surface area contributed by atoms with Crippen LogP contribution in [-0.4, -0.2) is 16.8 Å². The smallest absolute Gasteiger partial charge is 0.226 e. The summed E-state index contributed by atoms with van der Waals surface area (Å²) in [7, 11) is 0. The van der Waals surface area contributed by atoms with Gasteiger partial charge in [0.05, 0.1) is 0 Å². The van der Waals surface area contributed by atoms with Crippen molar-refractivity contribution >= 4 is 11.6 Å². The molecule has 2 N–H and O–H groups in total. The molecule has 1 unspecified atom stereocenters. The number of carbonyl (C=O) groups excluding carboxylic acids is 1. The molecule has 0 bridgehead atoms. The van der Waals surface area contributed by atoms with Crippen molar-refractivity contribution in [2.45, 2.75) is 66.0 Å². The van der Waals surface area contributed by atoms with E-state index in [9.17, 15) is 4.79 Å². The molecule has 0 fully saturated rings. The van der Waals surface area contributed by atoms with Crippen LogP contribution in [0.15, 0.2) is 24.3 Å². The Hall–Kier alpha value is -1.51. The normalized spacial score (nSPS) is 12.4. The Morgan fingerprint density at radius 3 is 2.43 bits per heavy atom. The molecular formula is C18H30N2O. The minimum atomic E-state index is 0.136. The summed E-state index contributed by atoms with van der Waals surface area (Å²) in [6, 6.07) is 7.99. The Morgan fingerprint density at radius 2 is 1.90 bits per heavy atom. The number of nitrogens with zero attached hydrogens (tertiary/aromatic N) is 1. The van der Waals surface area contributed by atoms with Gasteiger partial charge in [0.2, 0.25) is 5.91 Å². The molecule has 1 atom stereocenters. The number of benzene rings is 1. The van der Waals surface area contributed by atoms with Gasteiger partial charge in [-0.3, -0.25) is 4.79 Å². The van der Waals surface area contributed by atoms with E-state index in [1.165, 1.54) is 0 Å². The standard InChI is InChI=1S/C18H30N2O/c1-5-7-10-15(6-2)18(21)20(14(3)4)13-16-11-8-9-12-17(16)19/h8-9,11-12,14-15H,5-7,10,13,19H2,1-4H3. The van der Waals surface area contributed by atoms with E-state index in [0.29, 0.717) is 6.54 Å². The summed E-state index contributed by atoms with van der Waals surface area (Å²) in [4.78, 5) is 14.8. The molecule has 0 radical (unpaired) electrons. The van der Waals surface area contributed by atoms with Crippen LogP contribution in [0.4, 0.5) is 5.69 Å². The van der Waals surface area contributed by atoms with Gasteiger partial charge in [0.25, 0.3) is 0 Å². The Kier molecular flexibility index (Phi) is 7.27. The lowest BCUT2D eigenvalue weighted by atomic mass is 9.96. The van der Waals surface area contributed by atoms with Crippen molar-refractivity contribution in [3.05, 3.63) is 29.8 Å². The van der Waals surface area contributed by atoms with E-state index in [0.717, 1.165) is 36.9 Å². The third kappa shape index (κ3) is 5.07. The number of carbonyl (C=O) groups is 1. The Bertz CT molecular complexity index is 443. The Balaban J connectivity index is 2.85. The molecule has 0 aliphatic heterocycles. The fraction of sp³-hybridized carbons (Fsp3) is 0.611. The summed E-state index contributed by atoms with van der Waals surface area (Å²) in [5, 5.41) is 0. The number of hydrogen-bond acceptors (Lipinski definition) is 2. The van der Waals surface area contributed by atoms with Gasteiger partial charge in [0, 0.05) is 24.2 Å². The highest BCUT2D eigenvalue weighted by atomic mass is 16.2. The van der Waals surface area contributed by atoms with Gasteiger partial charge in [-0.15, -0.1) is 0 Å². The van der Waals surface area contributed by atoms with Crippen LogP contribution in [0.25, 0.3) is 0 Å². The monoisotopic (exact) mass is 290 g/mol. The van der Waals surface area contributed by atoms with Crippen LogP contribution in [0, 0.1) is 5.92 Å². The maximum absolute atomic E-state index is 12.8. The van der Waals surface area contributed by atoms with E-state index >= 15 is 0 Å². The fourth-order valence-corrected chi connectivity index (χ4v) is 2.56. The van der Waals surface area contributed by atoms with Crippen LogP contribution in [0.5, 0.6) is 0 Å². The second kappa shape index (κ2) is 8.71. The van der Waals surface area contributed by atoms with E-state index in [4.69, 9.17) is 5.73 Å². The summed E-state index contributed by atoms with van der Waals surface area (Å²) in [6.07, 6.45) is 4.15. The van der Waals surface area contributed by atoms with Crippen LogP contribution < -0.4 is 5.73 Å². The maximum atomic E-state index is 12.8. The van der Waals surface area contributed by atoms with Crippen LogP contribution in [0.1, 0.15) is 58.9 Å². The highest BCUT2D eigenvalue weighted by molar-refractivity contribution is 5.79. The van der Waals surface area contributed by atoms with Gasteiger partial charge < -0.3 is 10.6 Å². The number of amides is 1. The number of anilines is 1. The fourth-order valence-electron chi connectivity index (χ4n) is 2.56. The molecule has 0 aliphatic carbocycles. The van der Waals surface area contributed by atoms with Crippen molar-refractivity contribution in [2.75, 3.05) is 5.73 Å². The largest absolute Gasteiger partial charge is 0.398 e. The van der Waals surface area contributed by atoms with E-state index in [1.807, 2.05) is 29.2 Å². The zero-order valence-corrected chi connectivity index (χ0v) is 13.9. The number of para-hydroxylation sites is 1. The lowest BCUT2D eigenvalue weighted by molar-refractivity contribution is -0.138. The Labute approximate surface area is 129 Å². The predicted octanol–water partition coefficient (Wildman–Crippen LogP) is 4.22. The van der Waals surface area contributed by atoms with Gasteiger partial charge in [-0.25, -0.2) is 0 Å². The molecule has 1 amide bonds. The average Bonchev–Trinajstić information content (AvgIpc) is 2.46. The lowest BCUT2D eigenvalue weighted by Gasteiger charge is -2.31. The van der Waals surface area contributed by atoms with E-state index in [-0.39, 0.29) is 17.9 Å². The molecule has 0 aromatic heterocycles. The zero-order valence-electron chi connectivity index (χ0n) is 13.9.